The van der Waals surface area contributed by atoms with Gasteiger partial charge in [-0.25, -0.2) is 0 Å². The van der Waals surface area contributed by atoms with Gasteiger partial charge in [-0.3, -0.25) is 4.90 Å². The minimum atomic E-state index is 0.167. The molecule has 1 rings (SSSR count). The number of halogens is 1. The third-order valence-corrected chi connectivity index (χ3v) is 3.51. The van der Waals surface area contributed by atoms with Gasteiger partial charge in [0.1, 0.15) is 0 Å². The van der Waals surface area contributed by atoms with Gasteiger partial charge < -0.3 is 10.5 Å². The maximum atomic E-state index is 5.98. The van der Waals surface area contributed by atoms with E-state index in [9.17, 15) is 0 Å². The van der Waals surface area contributed by atoms with E-state index in [1.165, 1.54) is 4.88 Å². The van der Waals surface area contributed by atoms with Crippen LogP contribution >= 0.6 is 22.9 Å². The molecular weight excluding hydrogens is 244 g/mol. The molecule has 1 atom stereocenters. The maximum Gasteiger partial charge on any atom is 0.0931 e. The van der Waals surface area contributed by atoms with Crippen LogP contribution in [0.25, 0.3) is 0 Å². The van der Waals surface area contributed by atoms with E-state index in [2.05, 4.69) is 18.0 Å². The number of nitrogens with two attached hydrogens (primary N) is 1. The highest BCUT2D eigenvalue weighted by atomic mass is 35.5. The monoisotopic (exact) mass is 262 g/mol. The lowest BCUT2D eigenvalue weighted by Crippen LogP contribution is -2.35. The van der Waals surface area contributed by atoms with Crippen LogP contribution in [0.2, 0.25) is 4.34 Å². The normalized spacial score (nSPS) is 13.3. The van der Waals surface area contributed by atoms with Crippen LogP contribution in [0.5, 0.6) is 0 Å². The van der Waals surface area contributed by atoms with E-state index in [1.54, 1.807) is 18.4 Å². The maximum absolute atomic E-state index is 5.98. The summed E-state index contributed by atoms with van der Waals surface area (Å²) in [4.78, 5) is 3.48. The van der Waals surface area contributed by atoms with Crippen molar-refractivity contribution in [3.05, 3.63) is 21.3 Å². The van der Waals surface area contributed by atoms with Crippen LogP contribution in [0.15, 0.2) is 12.1 Å². The minimum Gasteiger partial charge on any atom is -0.385 e. The second kappa shape index (κ2) is 7.25. The SMILES string of the molecule is COCCC(N)CN(C)Cc1ccc(Cl)s1. The molecule has 1 unspecified atom stereocenters. The van der Waals surface area contributed by atoms with Crippen LogP contribution < -0.4 is 5.73 Å². The second-order valence-electron chi connectivity index (χ2n) is 3.94. The van der Waals surface area contributed by atoms with Crippen LogP contribution in [0, 0.1) is 0 Å². The topological polar surface area (TPSA) is 38.5 Å². The lowest BCUT2D eigenvalue weighted by Gasteiger charge is -2.20. The Bertz CT molecular complexity index is 306. The van der Waals surface area contributed by atoms with Gasteiger partial charge >= 0.3 is 0 Å². The number of hydrogen-bond acceptors (Lipinski definition) is 4. The quantitative estimate of drug-likeness (QED) is 0.819. The lowest BCUT2D eigenvalue weighted by atomic mass is 10.2. The van der Waals surface area contributed by atoms with Crippen molar-refractivity contribution in [2.75, 3.05) is 27.3 Å². The first-order chi connectivity index (χ1) is 7.61. The summed E-state index contributed by atoms with van der Waals surface area (Å²) in [5.41, 5.74) is 5.98. The number of thiophene rings is 1. The van der Waals surface area contributed by atoms with Crippen molar-refractivity contribution in [2.24, 2.45) is 5.73 Å². The van der Waals surface area contributed by atoms with Crippen molar-refractivity contribution in [3.63, 3.8) is 0 Å². The Hall–Kier alpha value is -0.130. The zero-order chi connectivity index (χ0) is 12.0. The van der Waals surface area contributed by atoms with Gasteiger partial charge in [-0.1, -0.05) is 11.6 Å². The van der Waals surface area contributed by atoms with Crippen LogP contribution in [0.3, 0.4) is 0 Å². The van der Waals surface area contributed by atoms with Crippen LogP contribution in [-0.4, -0.2) is 38.3 Å². The third kappa shape index (κ3) is 5.27. The Balaban J connectivity index is 2.27. The summed E-state index contributed by atoms with van der Waals surface area (Å²) < 4.78 is 5.84. The molecule has 1 aromatic rings. The van der Waals surface area contributed by atoms with Gasteiger partial charge in [0, 0.05) is 37.7 Å². The highest BCUT2D eigenvalue weighted by Crippen LogP contribution is 2.22. The van der Waals surface area contributed by atoms with Gasteiger partial charge in [0.15, 0.2) is 0 Å². The highest BCUT2D eigenvalue weighted by molar-refractivity contribution is 7.16. The molecule has 1 aromatic heterocycles. The molecule has 16 heavy (non-hydrogen) atoms. The molecule has 0 aromatic carbocycles. The molecule has 0 aliphatic heterocycles. The van der Waals surface area contributed by atoms with Crippen molar-refractivity contribution in [1.29, 1.82) is 0 Å². The zero-order valence-corrected chi connectivity index (χ0v) is 11.4. The van der Waals surface area contributed by atoms with Crippen molar-refractivity contribution < 1.29 is 4.74 Å². The van der Waals surface area contributed by atoms with Gasteiger partial charge in [0.05, 0.1) is 4.34 Å². The summed E-state index contributed by atoms with van der Waals surface area (Å²) in [5, 5.41) is 0. The first-order valence-electron chi connectivity index (χ1n) is 5.29. The molecule has 0 fully saturated rings. The van der Waals surface area contributed by atoms with E-state index in [4.69, 9.17) is 22.1 Å². The first kappa shape index (κ1) is 13.9. The molecule has 0 bridgehead atoms. The summed E-state index contributed by atoms with van der Waals surface area (Å²) >= 11 is 7.50. The fraction of sp³-hybridized carbons (Fsp3) is 0.636. The van der Waals surface area contributed by atoms with E-state index >= 15 is 0 Å². The Morgan fingerprint density at radius 2 is 2.31 bits per heavy atom. The third-order valence-electron chi connectivity index (χ3n) is 2.29. The molecular formula is C11H19ClN2OS. The average Bonchev–Trinajstić information content (AvgIpc) is 2.60. The smallest absolute Gasteiger partial charge is 0.0931 e. The number of hydrogen-bond donors (Lipinski definition) is 1. The predicted octanol–water partition coefficient (Wildman–Crippen LogP) is 2.20. The standard InChI is InChI=1S/C11H19ClN2OS/c1-14(7-9(13)5-6-15-2)8-10-3-4-11(12)16-10/h3-4,9H,5-8,13H2,1-2H3. The van der Waals surface area contributed by atoms with Crippen LogP contribution in [0.4, 0.5) is 0 Å². The highest BCUT2D eigenvalue weighted by Gasteiger charge is 2.08. The van der Waals surface area contributed by atoms with Crippen molar-refractivity contribution in [2.45, 2.75) is 19.0 Å². The molecule has 0 saturated carbocycles. The van der Waals surface area contributed by atoms with Crippen LogP contribution in [0.1, 0.15) is 11.3 Å². The number of methoxy groups -OCH3 is 1. The molecule has 92 valence electrons. The second-order valence-corrected chi connectivity index (χ2v) is 5.74. The summed E-state index contributed by atoms with van der Waals surface area (Å²) in [7, 11) is 3.77. The Kier molecular flexibility index (Phi) is 6.31. The van der Waals surface area contributed by atoms with Crippen molar-refractivity contribution in [3.8, 4) is 0 Å². The van der Waals surface area contributed by atoms with Gasteiger partial charge in [0.25, 0.3) is 0 Å². The average molecular weight is 263 g/mol. The molecule has 3 nitrogen and oxygen atoms in total. The Morgan fingerprint density at radius 1 is 1.56 bits per heavy atom. The first-order valence-corrected chi connectivity index (χ1v) is 6.48. The molecule has 0 spiro atoms. The molecule has 0 amide bonds. The molecule has 0 saturated heterocycles. The summed E-state index contributed by atoms with van der Waals surface area (Å²) in [6.07, 6.45) is 0.895. The van der Waals surface area contributed by atoms with Gasteiger partial charge in [-0.2, -0.15) is 0 Å². The van der Waals surface area contributed by atoms with Crippen molar-refractivity contribution in [1.82, 2.24) is 4.90 Å². The predicted molar refractivity (Wildman–Crippen MR) is 70.1 cm³/mol. The van der Waals surface area contributed by atoms with E-state index in [0.717, 1.165) is 30.5 Å². The summed E-state index contributed by atoms with van der Waals surface area (Å²) in [6, 6.07) is 4.16. The summed E-state index contributed by atoms with van der Waals surface area (Å²) in [5.74, 6) is 0. The molecule has 1 heterocycles. The molecule has 0 aliphatic carbocycles. The van der Waals surface area contributed by atoms with Gasteiger partial charge in [-0.15, -0.1) is 11.3 Å². The summed E-state index contributed by atoms with van der Waals surface area (Å²) in [6.45, 7) is 2.50. The van der Waals surface area contributed by atoms with E-state index in [1.807, 2.05) is 6.07 Å². The lowest BCUT2D eigenvalue weighted by molar-refractivity contribution is 0.179. The molecule has 0 aliphatic rings. The number of likely N-dealkylation sites (N-methyl/N-ethyl adjacent to an activating group) is 1. The Morgan fingerprint density at radius 3 is 2.88 bits per heavy atom. The minimum absolute atomic E-state index is 0.167. The fourth-order valence-corrected chi connectivity index (χ4v) is 2.70. The van der Waals surface area contributed by atoms with Crippen molar-refractivity contribution >= 4 is 22.9 Å². The van der Waals surface area contributed by atoms with E-state index in [-0.39, 0.29) is 6.04 Å². The van der Waals surface area contributed by atoms with Gasteiger partial charge in [0.2, 0.25) is 0 Å². The fourth-order valence-electron chi connectivity index (χ4n) is 1.53. The number of ether oxygens (including phenoxy) is 1. The van der Waals surface area contributed by atoms with Crippen LogP contribution in [-0.2, 0) is 11.3 Å². The molecule has 5 heteroatoms. The van der Waals surface area contributed by atoms with E-state index in [0.29, 0.717) is 0 Å². The Labute approximate surface area is 106 Å². The molecule has 2 N–H and O–H groups in total. The zero-order valence-electron chi connectivity index (χ0n) is 9.78. The van der Waals surface area contributed by atoms with E-state index < -0.39 is 0 Å². The number of rotatable bonds is 7. The molecule has 0 radical (unpaired) electrons. The number of nitrogens with zero attached hydrogens (tertiary/aromatic N) is 1. The van der Waals surface area contributed by atoms with Gasteiger partial charge in [-0.05, 0) is 25.6 Å². The largest absolute Gasteiger partial charge is 0.385 e.